The molecule has 0 radical (unpaired) electrons. The minimum absolute atomic E-state index is 0.0859. The van der Waals surface area contributed by atoms with Crippen LogP contribution in [0.2, 0.25) is 0 Å². The molecule has 0 amide bonds. The number of aryl methyl sites for hydroxylation is 2. The molecule has 0 saturated heterocycles. The van der Waals surface area contributed by atoms with Crippen molar-refractivity contribution in [1.29, 1.82) is 0 Å². The Morgan fingerprint density at radius 3 is 2.76 bits per heavy atom. The molecular weight excluding hydrogens is 390 g/mol. The quantitative estimate of drug-likeness (QED) is 0.494. The first kappa shape index (κ1) is 18.8. The van der Waals surface area contributed by atoms with E-state index >= 15 is 0 Å². The lowest BCUT2D eigenvalue weighted by molar-refractivity contribution is 0.399. The summed E-state index contributed by atoms with van der Waals surface area (Å²) in [4.78, 5) is 31.1. The van der Waals surface area contributed by atoms with Crippen molar-refractivity contribution in [1.82, 2.24) is 18.3 Å². The van der Waals surface area contributed by atoms with Gasteiger partial charge in [0.05, 0.1) is 17.4 Å². The Balaban J connectivity index is 1.71. The highest BCUT2D eigenvalue weighted by Gasteiger charge is 2.14. The van der Waals surface area contributed by atoms with Crippen molar-refractivity contribution in [2.75, 3.05) is 0 Å². The van der Waals surface area contributed by atoms with Gasteiger partial charge in [-0.2, -0.15) is 8.75 Å². The van der Waals surface area contributed by atoms with E-state index in [1.807, 2.05) is 49.4 Å². The van der Waals surface area contributed by atoms with E-state index in [4.69, 9.17) is 0 Å². The molecule has 2 N–H and O–H groups in total. The van der Waals surface area contributed by atoms with E-state index in [2.05, 4.69) is 18.7 Å². The van der Waals surface area contributed by atoms with Crippen LogP contribution in [-0.4, -0.2) is 29.6 Å². The Morgan fingerprint density at radius 2 is 1.97 bits per heavy atom. The van der Waals surface area contributed by atoms with Gasteiger partial charge >= 0.3 is 5.69 Å². The van der Waals surface area contributed by atoms with Crippen LogP contribution in [0.25, 0.3) is 11.0 Å². The Bertz CT molecular complexity index is 1320. The second kappa shape index (κ2) is 7.80. The van der Waals surface area contributed by atoms with Crippen molar-refractivity contribution in [2.45, 2.75) is 19.9 Å². The largest absolute Gasteiger partial charge is 0.494 e. The smallest absolute Gasteiger partial charge is 0.331 e. The molecule has 0 saturated carbocycles. The lowest BCUT2D eigenvalue weighted by Crippen LogP contribution is -2.32. The number of H-pyrrole nitrogens is 1. The van der Waals surface area contributed by atoms with E-state index in [0.29, 0.717) is 23.1 Å². The zero-order valence-corrected chi connectivity index (χ0v) is 16.3. The van der Waals surface area contributed by atoms with Crippen molar-refractivity contribution in [3.8, 4) is 5.88 Å². The first-order valence-corrected chi connectivity index (χ1v) is 9.63. The van der Waals surface area contributed by atoms with Crippen LogP contribution in [-0.2, 0) is 13.0 Å². The van der Waals surface area contributed by atoms with Gasteiger partial charge in [-0.05, 0) is 30.5 Å². The molecule has 8 nitrogen and oxygen atoms in total. The van der Waals surface area contributed by atoms with Crippen LogP contribution < -0.4 is 11.2 Å². The van der Waals surface area contributed by atoms with E-state index in [0.717, 1.165) is 27.4 Å². The fourth-order valence-corrected chi connectivity index (χ4v) is 3.55. The molecule has 0 aliphatic rings. The zero-order chi connectivity index (χ0) is 20.4. The van der Waals surface area contributed by atoms with Gasteiger partial charge in [-0.3, -0.25) is 19.3 Å². The number of aliphatic imine (C=N–C) groups is 1. The number of aromatic nitrogens is 4. The first-order valence-electron chi connectivity index (χ1n) is 8.90. The summed E-state index contributed by atoms with van der Waals surface area (Å²) in [6.45, 7) is 2.09. The second-order valence-electron chi connectivity index (χ2n) is 6.51. The molecular formula is C20H17N5O3S. The number of hydrogen-bond acceptors (Lipinski definition) is 7. The minimum Gasteiger partial charge on any atom is -0.494 e. The predicted molar refractivity (Wildman–Crippen MR) is 113 cm³/mol. The summed E-state index contributed by atoms with van der Waals surface area (Å²) in [5, 5.41) is 10.6. The maximum Gasteiger partial charge on any atom is 0.331 e. The van der Waals surface area contributed by atoms with Crippen LogP contribution in [0.5, 0.6) is 5.88 Å². The van der Waals surface area contributed by atoms with Crippen LogP contribution in [0, 0.1) is 6.92 Å². The normalized spacial score (nSPS) is 11.5. The monoisotopic (exact) mass is 407 g/mol. The number of nitrogens with zero attached hydrogens (tertiary/aromatic N) is 4. The Morgan fingerprint density at radius 1 is 1.17 bits per heavy atom. The fourth-order valence-electron chi connectivity index (χ4n) is 3.02. The van der Waals surface area contributed by atoms with Gasteiger partial charge in [0.15, 0.2) is 0 Å². The third-order valence-electron chi connectivity index (χ3n) is 4.60. The summed E-state index contributed by atoms with van der Waals surface area (Å²) in [6.07, 6.45) is 1.79. The summed E-state index contributed by atoms with van der Waals surface area (Å²) in [5.74, 6) is -0.417. The van der Waals surface area contributed by atoms with E-state index in [1.165, 1.54) is 6.21 Å². The standard InChI is InChI=1S/C20H17N5O3S/c1-12-7-8-15-17(24-29-23-15)16(12)21-11-14-18(26)22-20(28)25(19(14)27)10-9-13-5-3-2-4-6-13/h2-8,11,27H,9-10H2,1H3,(H,22,26,28). The van der Waals surface area contributed by atoms with Gasteiger partial charge in [0.2, 0.25) is 5.88 Å². The molecule has 0 aliphatic carbocycles. The predicted octanol–water partition coefficient (Wildman–Crippen LogP) is 2.55. The maximum absolute atomic E-state index is 12.3. The third-order valence-corrected chi connectivity index (χ3v) is 5.14. The van der Waals surface area contributed by atoms with Crippen molar-refractivity contribution >= 4 is 34.7 Å². The molecule has 9 heteroatoms. The summed E-state index contributed by atoms with van der Waals surface area (Å²) in [6, 6.07) is 13.3. The lowest BCUT2D eigenvalue weighted by atomic mass is 10.1. The summed E-state index contributed by atoms with van der Waals surface area (Å²) in [5.41, 5.74) is 2.32. The van der Waals surface area contributed by atoms with E-state index < -0.39 is 17.1 Å². The van der Waals surface area contributed by atoms with Crippen molar-refractivity contribution < 1.29 is 5.11 Å². The number of aromatic hydroxyl groups is 1. The molecule has 2 aromatic heterocycles. The van der Waals surface area contributed by atoms with Crippen molar-refractivity contribution in [3.05, 3.63) is 80.0 Å². The second-order valence-corrected chi connectivity index (χ2v) is 7.03. The molecule has 0 unspecified atom stereocenters. The minimum atomic E-state index is -0.701. The molecule has 4 rings (SSSR count). The van der Waals surface area contributed by atoms with Gasteiger partial charge in [0.1, 0.15) is 16.6 Å². The number of aromatic amines is 1. The van der Waals surface area contributed by atoms with E-state index in [-0.39, 0.29) is 12.1 Å². The average Bonchev–Trinajstić information content (AvgIpc) is 3.18. The molecule has 29 heavy (non-hydrogen) atoms. The number of hydrogen-bond donors (Lipinski definition) is 2. The average molecular weight is 407 g/mol. The summed E-state index contributed by atoms with van der Waals surface area (Å²) < 4.78 is 9.56. The van der Waals surface area contributed by atoms with Gasteiger partial charge in [-0.15, -0.1) is 0 Å². The van der Waals surface area contributed by atoms with Crippen LogP contribution in [0.4, 0.5) is 5.69 Å². The molecule has 0 aliphatic heterocycles. The molecule has 0 fully saturated rings. The van der Waals surface area contributed by atoms with E-state index in [1.54, 1.807) is 0 Å². The van der Waals surface area contributed by atoms with Crippen LogP contribution in [0.1, 0.15) is 16.7 Å². The highest BCUT2D eigenvalue weighted by atomic mass is 32.1. The van der Waals surface area contributed by atoms with Gasteiger partial charge in [0, 0.05) is 12.8 Å². The molecule has 2 aromatic carbocycles. The van der Waals surface area contributed by atoms with Gasteiger partial charge in [-0.25, -0.2) is 4.79 Å². The van der Waals surface area contributed by atoms with E-state index in [9.17, 15) is 14.7 Å². The van der Waals surface area contributed by atoms with Crippen LogP contribution in [0.15, 0.2) is 57.0 Å². The van der Waals surface area contributed by atoms with Gasteiger partial charge in [0.25, 0.3) is 5.56 Å². The lowest BCUT2D eigenvalue weighted by Gasteiger charge is -2.09. The fraction of sp³-hybridized carbons (Fsp3) is 0.150. The Kier molecular flexibility index (Phi) is 5.05. The number of rotatable bonds is 5. The van der Waals surface area contributed by atoms with Gasteiger partial charge in [-0.1, -0.05) is 36.4 Å². The molecule has 0 atom stereocenters. The number of fused-ring (bicyclic) bond motifs is 1. The maximum atomic E-state index is 12.3. The highest BCUT2D eigenvalue weighted by molar-refractivity contribution is 7.00. The Labute approximate surface area is 169 Å². The van der Waals surface area contributed by atoms with Crippen LogP contribution in [0.3, 0.4) is 0 Å². The van der Waals surface area contributed by atoms with Crippen molar-refractivity contribution in [2.24, 2.45) is 4.99 Å². The molecule has 0 bridgehead atoms. The summed E-state index contributed by atoms with van der Waals surface area (Å²) >= 11 is 1.08. The zero-order valence-electron chi connectivity index (χ0n) is 15.5. The Hall–Kier alpha value is -3.59. The topological polar surface area (TPSA) is 113 Å². The molecule has 146 valence electrons. The first-order chi connectivity index (χ1) is 14.0. The SMILES string of the molecule is Cc1ccc2nsnc2c1N=Cc1c(O)n(CCc2ccccc2)c(=O)[nH]c1=O. The van der Waals surface area contributed by atoms with Gasteiger partial charge < -0.3 is 5.11 Å². The van der Waals surface area contributed by atoms with Crippen molar-refractivity contribution in [3.63, 3.8) is 0 Å². The highest BCUT2D eigenvalue weighted by Crippen LogP contribution is 2.28. The molecule has 0 spiro atoms. The number of benzene rings is 2. The number of nitrogens with one attached hydrogen (secondary N) is 1. The molecule has 4 aromatic rings. The molecule has 2 heterocycles. The third kappa shape index (κ3) is 3.72. The summed E-state index contributed by atoms with van der Waals surface area (Å²) in [7, 11) is 0. The van der Waals surface area contributed by atoms with Crippen LogP contribution >= 0.6 is 11.7 Å².